The first-order chi connectivity index (χ1) is 6.77. The quantitative estimate of drug-likeness (QED) is 0.696. The highest BCUT2D eigenvalue weighted by atomic mass is 15.3. The second-order valence-electron chi connectivity index (χ2n) is 4.33. The van der Waals surface area contributed by atoms with Gasteiger partial charge in [0.2, 0.25) is 0 Å². The van der Waals surface area contributed by atoms with E-state index < -0.39 is 0 Å². The van der Waals surface area contributed by atoms with Gasteiger partial charge in [0.25, 0.3) is 0 Å². The van der Waals surface area contributed by atoms with E-state index in [1.54, 1.807) is 0 Å². The normalized spacial score (nSPS) is 19.5. The van der Waals surface area contributed by atoms with Crippen LogP contribution in [-0.2, 0) is 7.05 Å². The summed E-state index contributed by atoms with van der Waals surface area (Å²) in [4.78, 5) is 0. The zero-order valence-electron chi connectivity index (χ0n) is 8.87. The lowest BCUT2D eigenvalue weighted by molar-refractivity contribution is 0.593. The molecule has 0 spiro atoms. The van der Waals surface area contributed by atoms with E-state index in [-0.39, 0.29) is 0 Å². The second-order valence-corrected chi connectivity index (χ2v) is 4.33. The van der Waals surface area contributed by atoms with Crippen LogP contribution in [0.5, 0.6) is 0 Å². The van der Waals surface area contributed by atoms with Crippen LogP contribution in [-0.4, -0.2) is 9.78 Å². The lowest BCUT2D eigenvalue weighted by Crippen LogP contribution is -1.99. The van der Waals surface area contributed by atoms with Crippen molar-refractivity contribution < 1.29 is 0 Å². The van der Waals surface area contributed by atoms with Crippen molar-refractivity contribution in [1.29, 1.82) is 0 Å². The molecule has 1 aromatic heterocycles. The van der Waals surface area contributed by atoms with Gasteiger partial charge in [0, 0.05) is 18.8 Å². The molecule has 0 unspecified atom stereocenters. The molecule has 3 nitrogen and oxygen atoms in total. The maximum atomic E-state index is 5.89. The number of nitrogens with zero attached hydrogens (tertiary/aromatic N) is 2. The molecule has 0 aliphatic heterocycles. The summed E-state index contributed by atoms with van der Waals surface area (Å²) >= 11 is 0. The van der Waals surface area contributed by atoms with Crippen LogP contribution >= 0.6 is 0 Å². The van der Waals surface area contributed by atoms with Crippen molar-refractivity contribution in [3.05, 3.63) is 11.8 Å². The van der Waals surface area contributed by atoms with Crippen molar-refractivity contribution in [3.8, 4) is 0 Å². The van der Waals surface area contributed by atoms with Gasteiger partial charge in [-0.2, -0.15) is 5.10 Å². The largest absolute Gasteiger partial charge is 0.382 e. The Kier molecular flexibility index (Phi) is 2.75. The molecule has 14 heavy (non-hydrogen) atoms. The van der Waals surface area contributed by atoms with Gasteiger partial charge in [-0.05, 0) is 18.8 Å². The molecular weight excluding hydrogens is 174 g/mol. The molecule has 2 N–H and O–H groups in total. The average molecular weight is 193 g/mol. The number of hydrogen-bond donors (Lipinski definition) is 1. The van der Waals surface area contributed by atoms with E-state index in [4.69, 9.17) is 5.73 Å². The molecule has 1 aliphatic carbocycles. The number of hydrogen-bond acceptors (Lipinski definition) is 2. The Morgan fingerprint density at radius 3 is 2.43 bits per heavy atom. The molecule has 1 aliphatic rings. The van der Waals surface area contributed by atoms with Crippen molar-refractivity contribution >= 4 is 5.82 Å². The summed E-state index contributed by atoms with van der Waals surface area (Å²) in [7, 11) is 1.94. The maximum Gasteiger partial charge on any atom is 0.148 e. The Morgan fingerprint density at radius 1 is 1.29 bits per heavy atom. The third-order valence-electron chi connectivity index (χ3n) is 3.18. The lowest BCUT2D eigenvalue weighted by atomic mass is 9.94. The molecule has 3 heteroatoms. The molecule has 0 bridgehead atoms. The minimum atomic E-state index is 0.659. The minimum absolute atomic E-state index is 0.659. The summed E-state index contributed by atoms with van der Waals surface area (Å²) in [6.45, 7) is 0. The molecule has 0 radical (unpaired) electrons. The topological polar surface area (TPSA) is 43.8 Å². The van der Waals surface area contributed by atoms with Gasteiger partial charge in [0.05, 0.1) is 0 Å². The van der Waals surface area contributed by atoms with E-state index >= 15 is 0 Å². The van der Waals surface area contributed by atoms with E-state index in [2.05, 4.69) is 11.3 Å². The molecule has 1 saturated carbocycles. The Balaban J connectivity index is 2.15. The van der Waals surface area contributed by atoms with E-state index in [1.807, 2.05) is 11.7 Å². The summed E-state index contributed by atoms with van der Waals surface area (Å²) in [6.07, 6.45) is 10.1. The second kappa shape index (κ2) is 4.03. The molecular formula is C11H19N3. The molecule has 0 amide bonds. The molecule has 1 aromatic rings. The van der Waals surface area contributed by atoms with Gasteiger partial charge in [0.1, 0.15) is 5.82 Å². The minimum Gasteiger partial charge on any atom is -0.382 e. The van der Waals surface area contributed by atoms with Crippen molar-refractivity contribution in [2.24, 2.45) is 7.05 Å². The van der Waals surface area contributed by atoms with Gasteiger partial charge in [0.15, 0.2) is 0 Å². The predicted octanol–water partition coefficient (Wildman–Crippen LogP) is 2.44. The fraction of sp³-hybridized carbons (Fsp3) is 0.727. The number of nitrogen functional groups attached to an aromatic ring is 1. The van der Waals surface area contributed by atoms with Crippen molar-refractivity contribution in [2.75, 3.05) is 5.73 Å². The van der Waals surface area contributed by atoms with Gasteiger partial charge >= 0.3 is 0 Å². The van der Waals surface area contributed by atoms with Crippen LogP contribution in [0.4, 0.5) is 5.82 Å². The number of nitrogens with two attached hydrogens (primary N) is 1. The first-order valence-corrected chi connectivity index (χ1v) is 5.56. The smallest absolute Gasteiger partial charge is 0.148 e. The van der Waals surface area contributed by atoms with E-state index in [0.717, 1.165) is 5.82 Å². The molecule has 78 valence electrons. The van der Waals surface area contributed by atoms with E-state index in [1.165, 1.54) is 44.1 Å². The molecule has 1 fully saturated rings. The van der Waals surface area contributed by atoms with Gasteiger partial charge in [-0.25, -0.2) is 0 Å². The van der Waals surface area contributed by atoms with Crippen LogP contribution in [0.2, 0.25) is 0 Å². The van der Waals surface area contributed by atoms with Gasteiger partial charge < -0.3 is 5.73 Å². The Bertz CT molecular complexity index is 295. The Labute approximate surface area is 85.3 Å². The number of anilines is 1. The van der Waals surface area contributed by atoms with Crippen LogP contribution < -0.4 is 5.73 Å². The highest BCUT2D eigenvalue weighted by Gasteiger charge is 2.18. The summed E-state index contributed by atoms with van der Waals surface area (Å²) in [5, 5.41) is 4.21. The molecule has 2 rings (SSSR count). The maximum absolute atomic E-state index is 5.89. The number of aromatic nitrogens is 2. The van der Waals surface area contributed by atoms with Crippen molar-refractivity contribution in [2.45, 2.75) is 44.4 Å². The fourth-order valence-corrected chi connectivity index (χ4v) is 2.43. The molecule has 0 saturated heterocycles. The highest BCUT2D eigenvalue weighted by Crippen LogP contribution is 2.33. The van der Waals surface area contributed by atoms with E-state index in [9.17, 15) is 0 Å². The monoisotopic (exact) mass is 193 g/mol. The fourth-order valence-electron chi connectivity index (χ4n) is 2.43. The highest BCUT2D eigenvalue weighted by molar-refractivity contribution is 5.40. The zero-order chi connectivity index (χ0) is 9.97. The van der Waals surface area contributed by atoms with Gasteiger partial charge in [-0.3, -0.25) is 4.68 Å². The summed E-state index contributed by atoms with van der Waals surface area (Å²) < 4.78 is 1.83. The van der Waals surface area contributed by atoms with Crippen LogP contribution in [0.15, 0.2) is 6.20 Å². The van der Waals surface area contributed by atoms with Crippen LogP contribution in [0.25, 0.3) is 0 Å². The van der Waals surface area contributed by atoms with Crippen LogP contribution in [0.3, 0.4) is 0 Å². The molecule has 0 atom stereocenters. The van der Waals surface area contributed by atoms with Crippen molar-refractivity contribution in [1.82, 2.24) is 9.78 Å². The average Bonchev–Trinajstić information content (AvgIpc) is 2.43. The van der Waals surface area contributed by atoms with Crippen LogP contribution in [0.1, 0.15) is 50.0 Å². The summed E-state index contributed by atoms with van der Waals surface area (Å²) in [6, 6.07) is 0. The van der Waals surface area contributed by atoms with Crippen molar-refractivity contribution in [3.63, 3.8) is 0 Å². The number of aryl methyl sites for hydroxylation is 1. The summed E-state index contributed by atoms with van der Waals surface area (Å²) in [5.41, 5.74) is 7.16. The predicted molar refractivity (Wildman–Crippen MR) is 58.1 cm³/mol. The first kappa shape index (κ1) is 9.56. The third kappa shape index (κ3) is 1.91. The first-order valence-electron chi connectivity index (χ1n) is 5.56. The number of rotatable bonds is 1. The standard InChI is InChI=1S/C11H19N3/c1-14-8-10(11(12)13-14)9-6-4-2-3-5-7-9/h8-9H,2-7H2,1H3,(H2,12,13). The lowest BCUT2D eigenvalue weighted by Gasteiger charge is -2.11. The van der Waals surface area contributed by atoms with E-state index in [0.29, 0.717) is 5.92 Å². The van der Waals surface area contributed by atoms with Gasteiger partial charge in [-0.15, -0.1) is 0 Å². The Morgan fingerprint density at radius 2 is 1.93 bits per heavy atom. The summed E-state index contributed by atoms with van der Waals surface area (Å²) in [5.74, 6) is 1.39. The SMILES string of the molecule is Cn1cc(C2CCCCCC2)c(N)n1. The van der Waals surface area contributed by atoms with Crippen LogP contribution in [0, 0.1) is 0 Å². The molecule has 0 aromatic carbocycles. The Hall–Kier alpha value is -0.990. The zero-order valence-corrected chi connectivity index (χ0v) is 8.87. The molecule has 1 heterocycles. The third-order valence-corrected chi connectivity index (χ3v) is 3.18. The van der Waals surface area contributed by atoms with Gasteiger partial charge in [-0.1, -0.05) is 25.7 Å².